The summed E-state index contributed by atoms with van der Waals surface area (Å²) in [5, 5.41) is 23.0. The highest BCUT2D eigenvalue weighted by molar-refractivity contribution is 6.01. The molecule has 0 radical (unpaired) electrons. The van der Waals surface area contributed by atoms with Gasteiger partial charge >= 0.3 is 12.7 Å². The van der Waals surface area contributed by atoms with Gasteiger partial charge < -0.3 is 29.9 Å². The lowest BCUT2D eigenvalue weighted by molar-refractivity contribution is -0.0502. The van der Waals surface area contributed by atoms with Gasteiger partial charge in [-0.2, -0.15) is 8.78 Å². The van der Waals surface area contributed by atoms with Gasteiger partial charge in [-0.25, -0.2) is 9.78 Å². The van der Waals surface area contributed by atoms with Crippen LogP contribution >= 0.6 is 0 Å². The number of nitrogens with zero attached hydrogens (tertiary/aromatic N) is 3. The lowest BCUT2D eigenvalue weighted by Crippen LogP contribution is -2.40. The van der Waals surface area contributed by atoms with Crippen LogP contribution in [0.15, 0.2) is 36.7 Å². The Kier molecular flexibility index (Phi) is 7.06. The van der Waals surface area contributed by atoms with E-state index < -0.39 is 24.7 Å². The average molecular weight is 531 g/mol. The second-order valence-corrected chi connectivity index (χ2v) is 9.59. The van der Waals surface area contributed by atoms with Crippen molar-refractivity contribution in [1.82, 2.24) is 19.6 Å². The molecule has 10 nitrogen and oxygen atoms in total. The van der Waals surface area contributed by atoms with Crippen LogP contribution in [0.2, 0.25) is 0 Å². The fraction of sp³-hybridized carbons (Fsp3) is 0.423. The summed E-state index contributed by atoms with van der Waals surface area (Å²) in [6, 6.07) is 6.35. The van der Waals surface area contributed by atoms with Crippen molar-refractivity contribution in [2.45, 2.75) is 44.4 Å². The van der Waals surface area contributed by atoms with Crippen molar-refractivity contribution in [2.75, 3.05) is 20.2 Å². The molecule has 2 aliphatic rings. The van der Waals surface area contributed by atoms with E-state index in [-0.39, 0.29) is 35.6 Å². The number of alkyl halides is 2. The predicted molar refractivity (Wildman–Crippen MR) is 132 cm³/mol. The van der Waals surface area contributed by atoms with Crippen LogP contribution < -0.4 is 14.8 Å². The van der Waals surface area contributed by atoms with Crippen molar-refractivity contribution in [2.24, 2.45) is 5.92 Å². The largest absolute Gasteiger partial charge is 0.496 e. The first-order valence-electron chi connectivity index (χ1n) is 12.4. The fourth-order valence-corrected chi connectivity index (χ4v) is 4.90. The molecule has 2 atom stereocenters. The number of likely N-dealkylation sites (tertiary alicyclic amines) is 1. The van der Waals surface area contributed by atoms with E-state index in [0.717, 1.165) is 12.8 Å². The number of piperidine rings is 1. The third kappa shape index (κ3) is 5.21. The number of amides is 2. The number of carbonyl (C=O) groups excluding carboxylic acids is 1. The number of aromatic nitrogens is 2. The first kappa shape index (κ1) is 25.7. The van der Waals surface area contributed by atoms with E-state index in [4.69, 9.17) is 9.47 Å². The minimum absolute atomic E-state index is 0.00964. The summed E-state index contributed by atoms with van der Waals surface area (Å²) in [4.78, 5) is 29.9. The standard InChI is InChI=1S/C26H28F2N4O6/c1-37-19-9-16(10-20(38-25(27)28)22(19)24(34)30-17-4-5-17)18-12-29-21-11-14(6-8-32(18)21)23(33)15-3-2-7-31(13-15)26(35)36/h6,8-12,15,17,23,25,33H,2-5,7,13H2,1H3,(H,30,34)(H,35,36)/t15-,23?/m0/s1. The van der Waals surface area contributed by atoms with Crippen molar-refractivity contribution in [3.05, 3.63) is 47.8 Å². The molecule has 1 aromatic carbocycles. The third-order valence-corrected chi connectivity index (χ3v) is 6.99. The summed E-state index contributed by atoms with van der Waals surface area (Å²) in [6.45, 7) is -2.46. The molecule has 2 fully saturated rings. The van der Waals surface area contributed by atoms with Gasteiger partial charge in [0.1, 0.15) is 22.7 Å². The fourth-order valence-electron chi connectivity index (χ4n) is 4.90. The number of aliphatic hydroxyl groups excluding tert-OH is 1. The van der Waals surface area contributed by atoms with Crippen LogP contribution in [0.1, 0.15) is 47.7 Å². The number of rotatable bonds is 8. The number of carbonyl (C=O) groups is 2. The van der Waals surface area contributed by atoms with Gasteiger partial charge in [0.15, 0.2) is 0 Å². The lowest BCUT2D eigenvalue weighted by Gasteiger charge is -2.33. The van der Waals surface area contributed by atoms with E-state index in [9.17, 15) is 28.6 Å². The summed E-state index contributed by atoms with van der Waals surface area (Å²) in [5.41, 5.74) is 1.95. The molecule has 1 aliphatic carbocycles. The number of halogens is 2. The number of imidazole rings is 1. The summed E-state index contributed by atoms with van der Waals surface area (Å²) in [6.07, 6.45) is 4.38. The Morgan fingerprint density at radius 2 is 1.95 bits per heavy atom. The number of benzene rings is 1. The topological polar surface area (TPSA) is 126 Å². The second kappa shape index (κ2) is 10.4. The van der Waals surface area contributed by atoms with E-state index in [0.29, 0.717) is 41.9 Å². The minimum atomic E-state index is -3.15. The van der Waals surface area contributed by atoms with Crippen LogP contribution in [0, 0.1) is 5.92 Å². The van der Waals surface area contributed by atoms with Crippen LogP contribution in [-0.4, -0.2) is 69.4 Å². The van der Waals surface area contributed by atoms with Crippen molar-refractivity contribution in [3.63, 3.8) is 0 Å². The van der Waals surface area contributed by atoms with Crippen LogP contribution in [-0.2, 0) is 0 Å². The Bertz CT molecular complexity index is 1360. The number of methoxy groups -OCH3 is 1. The SMILES string of the molecule is COc1cc(-c2cnc3cc(C(O)[C@H]4CCCN(C(=O)O)C4)ccn23)cc(OC(F)F)c1C(=O)NC1CC1. The maximum absolute atomic E-state index is 13.3. The summed E-state index contributed by atoms with van der Waals surface area (Å²) in [5.74, 6) is -1.02. The molecule has 1 unspecified atom stereocenters. The molecular weight excluding hydrogens is 502 g/mol. The molecule has 12 heteroatoms. The molecule has 3 heterocycles. The number of aliphatic hydroxyl groups is 1. The van der Waals surface area contributed by atoms with Crippen LogP contribution in [0.25, 0.3) is 16.9 Å². The van der Waals surface area contributed by atoms with Crippen LogP contribution in [0.4, 0.5) is 13.6 Å². The third-order valence-electron chi connectivity index (χ3n) is 6.99. The molecule has 3 aromatic rings. The molecule has 3 N–H and O–H groups in total. The zero-order chi connectivity index (χ0) is 27.0. The first-order valence-corrected chi connectivity index (χ1v) is 12.4. The van der Waals surface area contributed by atoms with E-state index in [1.165, 1.54) is 18.1 Å². The van der Waals surface area contributed by atoms with Gasteiger partial charge in [-0.1, -0.05) is 0 Å². The molecule has 2 amide bonds. The van der Waals surface area contributed by atoms with Gasteiger partial charge in [0, 0.05) is 36.8 Å². The number of nitrogens with one attached hydrogen (secondary N) is 1. The number of hydrogen-bond acceptors (Lipinski definition) is 6. The van der Waals surface area contributed by atoms with E-state index in [1.54, 1.807) is 35.0 Å². The number of hydrogen-bond donors (Lipinski definition) is 3. The Labute approximate surface area is 216 Å². The number of ether oxygens (including phenoxy) is 2. The monoisotopic (exact) mass is 530 g/mol. The Hall–Kier alpha value is -3.93. The maximum Gasteiger partial charge on any atom is 0.407 e. The van der Waals surface area contributed by atoms with Gasteiger partial charge in [0.05, 0.1) is 25.1 Å². The molecule has 2 aromatic heterocycles. The second-order valence-electron chi connectivity index (χ2n) is 9.59. The first-order chi connectivity index (χ1) is 18.2. The van der Waals surface area contributed by atoms with Crippen LogP contribution in [0.3, 0.4) is 0 Å². The van der Waals surface area contributed by atoms with E-state index >= 15 is 0 Å². The molecule has 38 heavy (non-hydrogen) atoms. The highest BCUT2D eigenvalue weighted by atomic mass is 19.3. The van der Waals surface area contributed by atoms with Gasteiger partial charge in [0.2, 0.25) is 0 Å². The smallest absolute Gasteiger partial charge is 0.407 e. The molecule has 5 rings (SSSR count). The van der Waals surface area contributed by atoms with E-state index in [1.807, 2.05) is 0 Å². The number of carboxylic acid groups (broad SMARTS) is 1. The highest BCUT2D eigenvalue weighted by Crippen LogP contribution is 2.37. The van der Waals surface area contributed by atoms with Gasteiger partial charge in [0.25, 0.3) is 5.91 Å². The van der Waals surface area contributed by atoms with Crippen LogP contribution in [0.5, 0.6) is 11.5 Å². The van der Waals surface area contributed by atoms with Crippen molar-refractivity contribution >= 4 is 17.6 Å². The molecule has 1 saturated heterocycles. The molecule has 1 saturated carbocycles. The Morgan fingerprint density at radius 1 is 1.18 bits per heavy atom. The molecule has 0 spiro atoms. The summed E-state index contributed by atoms with van der Waals surface area (Å²) < 4.78 is 38.4. The number of pyridine rings is 1. The van der Waals surface area contributed by atoms with Gasteiger partial charge in [-0.3, -0.25) is 9.20 Å². The molecule has 1 aliphatic heterocycles. The van der Waals surface area contributed by atoms with Gasteiger partial charge in [-0.05, 0) is 55.5 Å². The average Bonchev–Trinajstić information content (AvgIpc) is 3.61. The lowest BCUT2D eigenvalue weighted by atomic mass is 9.89. The quantitative estimate of drug-likeness (QED) is 0.403. The summed E-state index contributed by atoms with van der Waals surface area (Å²) in [7, 11) is 1.35. The minimum Gasteiger partial charge on any atom is -0.496 e. The van der Waals surface area contributed by atoms with Crippen molar-refractivity contribution < 1.29 is 38.1 Å². The molecule has 0 bridgehead atoms. The molecular formula is C26H28F2N4O6. The maximum atomic E-state index is 13.3. The van der Waals surface area contributed by atoms with Crippen molar-refractivity contribution in [3.8, 4) is 22.8 Å². The highest BCUT2D eigenvalue weighted by Gasteiger charge is 2.31. The molecule has 202 valence electrons. The van der Waals surface area contributed by atoms with Crippen molar-refractivity contribution in [1.29, 1.82) is 0 Å². The van der Waals surface area contributed by atoms with E-state index in [2.05, 4.69) is 10.3 Å². The number of fused-ring (bicyclic) bond motifs is 1. The zero-order valence-electron chi connectivity index (χ0n) is 20.6. The normalized spacial score (nSPS) is 18.4. The Balaban J connectivity index is 1.47. The Morgan fingerprint density at radius 3 is 2.63 bits per heavy atom. The zero-order valence-corrected chi connectivity index (χ0v) is 20.6. The van der Waals surface area contributed by atoms with Gasteiger partial charge in [-0.15, -0.1) is 0 Å². The summed E-state index contributed by atoms with van der Waals surface area (Å²) >= 11 is 0. The predicted octanol–water partition coefficient (Wildman–Crippen LogP) is 3.93.